The Morgan fingerprint density at radius 3 is 2.61 bits per heavy atom. The summed E-state index contributed by atoms with van der Waals surface area (Å²) in [5, 5.41) is 10.0. The van der Waals surface area contributed by atoms with Gasteiger partial charge in [-0.2, -0.15) is 0 Å². The number of aliphatic hydroxyl groups is 1. The Bertz CT molecular complexity index is 550. The molecule has 0 heterocycles. The molecule has 1 nitrogen and oxygen atoms in total. The van der Waals surface area contributed by atoms with Crippen LogP contribution in [-0.4, -0.2) is 17.4 Å². The molecule has 0 saturated heterocycles. The maximum atomic E-state index is 15.1. The average Bonchev–Trinajstić information content (AvgIpc) is 2.86. The predicted octanol–water partition coefficient (Wildman–Crippen LogP) is 5.05. The third-order valence-electron chi connectivity index (χ3n) is 8.61. The van der Waals surface area contributed by atoms with Crippen molar-refractivity contribution in [3.63, 3.8) is 0 Å². The van der Waals surface area contributed by atoms with Crippen molar-refractivity contribution in [2.45, 2.75) is 77.5 Å². The van der Waals surface area contributed by atoms with Crippen LogP contribution in [0, 0.1) is 34.5 Å². The van der Waals surface area contributed by atoms with Gasteiger partial charge in [0.15, 0.2) is 0 Å². The molecular weight excluding hydrogens is 287 g/mol. The van der Waals surface area contributed by atoms with Gasteiger partial charge in [-0.25, -0.2) is 4.39 Å². The normalized spacial score (nSPS) is 55.6. The lowest BCUT2D eigenvalue weighted by Gasteiger charge is -2.61. The van der Waals surface area contributed by atoms with E-state index in [9.17, 15) is 5.11 Å². The molecule has 8 atom stereocenters. The van der Waals surface area contributed by atoms with Gasteiger partial charge in [-0.15, -0.1) is 5.73 Å². The number of rotatable bonds is 0. The number of alkyl halides is 1. The van der Waals surface area contributed by atoms with Gasteiger partial charge in [-0.3, -0.25) is 0 Å². The van der Waals surface area contributed by atoms with Gasteiger partial charge in [0.2, 0.25) is 0 Å². The molecule has 0 amide bonds. The number of allylic oxidation sites excluding steroid dienone is 1. The molecule has 0 aromatic carbocycles. The first kappa shape index (κ1) is 15.9. The van der Waals surface area contributed by atoms with Crippen molar-refractivity contribution in [1.82, 2.24) is 0 Å². The first-order valence-electron chi connectivity index (χ1n) is 9.61. The third-order valence-corrected chi connectivity index (χ3v) is 8.61. The van der Waals surface area contributed by atoms with Crippen LogP contribution >= 0.6 is 0 Å². The van der Waals surface area contributed by atoms with Crippen molar-refractivity contribution >= 4 is 0 Å². The molecule has 2 heteroatoms. The molecule has 23 heavy (non-hydrogen) atoms. The fourth-order valence-electron chi connectivity index (χ4n) is 7.33. The molecule has 0 aromatic rings. The summed E-state index contributed by atoms with van der Waals surface area (Å²) in [6.45, 7) is 8.65. The van der Waals surface area contributed by atoms with Crippen LogP contribution in [-0.2, 0) is 0 Å². The van der Waals surface area contributed by atoms with Crippen molar-refractivity contribution in [1.29, 1.82) is 0 Å². The van der Waals surface area contributed by atoms with Crippen molar-refractivity contribution in [2.75, 3.05) is 0 Å². The Morgan fingerprint density at radius 2 is 1.87 bits per heavy atom. The van der Waals surface area contributed by atoms with E-state index in [2.05, 4.69) is 26.2 Å². The molecule has 3 unspecified atom stereocenters. The van der Waals surface area contributed by atoms with Crippen LogP contribution in [0.5, 0.6) is 0 Å². The monoisotopic (exact) mass is 318 g/mol. The van der Waals surface area contributed by atoms with Gasteiger partial charge in [0.05, 0.1) is 6.10 Å². The van der Waals surface area contributed by atoms with Crippen molar-refractivity contribution < 1.29 is 9.50 Å². The third kappa shape index (κ3) is 2.07. The zero-order valence-electron chi connectivity index (χ0n) is 14.7. The molecule has 4 aliphatic rings. The molecule has 4 fully saturated rings. The number of halogens is 1. The van der Waals surface area contributed by atoms with E-state index in [1.807, 2.05) is 0 Å². The number of hydrogen-bond acceptors (Lipinski definition) is 1. The second-order valence-electron chi connectivity index (χ2n) is 9.32. The van der Waals surface area contributed by atoms with Gasteiger partial charge in [-0.1, -0.05) is 20.4 Å². The van der Waals surface area contributed by atoms with E-state index in [1.165, 1.54) is 24.8 Å². The summed E-state index contributed by atoms with van der Waals surface area (Å²) in [7, 11) is 0. The molecule has 0 aromatic heterocycles. The quantitative estimate of drug-likeness (QED) is 0.620. The molecule has 1 N–H and O–H groups in total. The van der Waals surface area contributed by atoms with Crippen LogP contribution < -0.4 is 0 Å². The van der Waals surface area contributed by atoms with Crippen molar-refractivity contribution in [3.8, 4) is 0 Å². The van der Waals surface area contributed by atoms with E-state index in [0.717, 1.165) is 25.7 Å². The first-order chi connectivity index (χ1) is 10.9. The highest BCUT2D eigenvalue weighted by Gasteiger charge is 2.61. The standard InChI is InChI=1S/C21H31FO/c1-4-13-5-6-16-15-12-19(22)18-11-14(23)7-9-21(18,3)17(15)8-10-20(13,16)2/h14-19,23H,1,5-12H2,2-3H3/t14-,15?,16?,17?,18+,19-,20+,21+/m0/s1. The van der Waals surface area contributed by atoms with Gasteiger partial charge >= 0.3 is 0 Å². The topological polar surface area (TPSA) is 20.2 Å². The van der Waals surface area contributed by atoms with E-state index in [4.69, 9.17) is 0 Å². The summed E-state index contributed by atoms with van der Waals surface area (Å²) in [6.07, 6.45) is 7.03. The van der Waals surface area contributed by atoms with Crippen LogP contribution in [0.2, 0.25) is 0 Å². The average molecular weight is 318 g/mol. The Labute approximate surface area is 140 Å². The highest BCUT2D eigenvalue weighted by Crippen LogP contribution is 2.67. The highest BCUT2D eigenvalue weighted by atomic mass is 19.1. The lowest BCUT2D eigenvalue weighted by molar-refractivity contribution is -0.146. The fourth-order valence-corrected chi connectivity index (χ4v) is 7.33. The summed E-state index contributed by atoms with van der Waals surface area (Å²) < 4.78 is 15.1. The molecule has 0 spiro atoms. The second kappa shape index (κ2) is 5.20. The summed E-state index contributed by atoms with van der Waals surface area (Å²) in [6, 6.07) is 0. The van der Waals surface area contributed by atoms with Gasteiger partial charge in [0, 0.05) is 0 Å². The Morgan fingerprint density at radius 1 is 1.09 bits per heavy atom. The number of hydrogen-bond donors (Lipinski definition) is 1. The largest absolute Gasteiger partial charge is 0.393 e. The Hall–Kier alpha value is -0.590. The summed E-state index contributed by atoms with van der Waals surface area (Å²) in [5.74, 6) is 1.86. The molecule has 4 rings (SSSR count). The van der Waals surface area contributed by atoms with E-state index in [0.29, 0.717) is 24.2 Å². The van der Waals surface area contributed by atoms with Gasteiger partial charge in [0.1, 0.15) is 6.17 Å². The minimum Gasteiger partial charge on any atom is -0.393 e. The van der Waals surface area contributed by atoms with E-state index >= 15 is 4.39 Å². The Balaban J connectivity index is 1.69. The summed E-state index contributed by atoms with van der Waals surface area (Å²) in [5.41, 5.74) is 4.95. The first-order valence-corrected chi connectivity index (χ1v) is 9.61. The van der Waals surface area contributed by atoms with Crippen LogP contribution in [0.1, 0.15) is 65.2 Å². The number of fused-ring (bicyclic) bond motifs is 5. The lowest BCUT2D eigenvalue weighted by Crippen LogP contribution is -2.57. The predicted molar refractivity (Wildman–Crippen MR) is 90.7 cm³/mol. The van der Waals surface area contributed by atoms with Crippen molar-refractivity contribution in [3.05, 3.63) is 17.9 Å². The zero-order chi connectivity index (χ0) is 16.4. The van der Waals surface area contributed by atoms with Gasteiger partial charge in [0.25, 0.3) is 0 Å². The molecule has 0 aliphatic heterocycles. The number of aliphatic hydroxyl groups excluding tert-OH is 1. The molecule has 4 saturated carbocycles. The van der Waals surface area contributed by atoms with Crippen LogP contribution in [0.4, 0.5) is 4.39 Å². The van der Waals surface area contributed by atoms with E-state index in [-0.39, 0.29) is 22.9 Å². The molecule has 0 bridgehead atoms. The van der Waals surface area contributed by atoms with Crippen LogP contribution in [0.3, 0.4) is 0 Å². The van der Waals surface area contributed by atoms with Crippen LogP contribution in [0.15, 0.2) is 17.9 Å². The summed E-state index contributed by atoms with van der Waals surface area (Å²) in [4.78, 5) is 0. The maximum Gasteiger partial charge on any atom is 0.104 e. The van der Waals surface area contributed by atoms with E-state index in [1.54, 1.807) is 0 Å². The minimum atomic E-state index is -0.727. The fraction of sp³-hybridized carbons (Fsp3) is 0.857. The minimum absolute atomic E-state index is 0.0766. The SMILES string of the molecule is C=C=C1CCC2C3C[C@H](F)[C@H]4C[C@@H](O)CC[C@]4(C)C3CC[C@]12C. The van der Waals surface area contributed by atoms with E-state index < -0.39 is 6.17 Å². The second-order valence-corrected chi connectivity index (χ2v) is 9.32. The smallest absolute Gasteiger partial charge is 0.104 e. The van der Waals surface area contributed by atoms with Crippen molar-refractivity contribution in [2.24, 2.45) is 34.5 Å². The molecule has 0 radical (unpaired) electrons. The maximum absolute atomic E-state index is 15.1. The Kier molecular flexibility index (Phi) is 3.60. The highest BCUT2D eigenvalue weighted by molar-refractivity contribution is 5.23. The van der Waals surface area contributed by atoms with Gasteiger partial charge < -0.3 is 5.11 Å². The summed E-state index contributed by atoms with van der Waals surface area (Å²) >= 11 is 0. The molecule has 4 aliphatic carbocycles. The lowest BCUT2D eigenvalue weighted by atomic mass is 9.44. The van der Waals surface area contributed by atoms with Gasteiger partial charge in [-0.05, 0) is 91.4 Å². The zero-order valence-corrected chi connectivity index (χ0v) is 14.7. The molecular formula is C21H31FO. The molecule has 128 valence electrons. The van der Waals surface area contributed by atoms with Crippen LogP contribution in [0.25, 0.3) is 0 Å².